The maximum absolute atomic E-state index is 11.6. The number of hydrogen-bond acceptors (Lipinski definition) is 3. The van der Waals surface area contributed by atoms with E-state index in [1.165, 1.54) is 18.6 Å². The van der Waals surface area contributed by atoms with Gasteiger partial charge in [0.25, 0.3) is 0 Å². The molecular weight excluding hydrogens is 244 g/mol. The summed E-state index contributed by atoms with van der Waals surface area (Å²) in [6, 6.07) is -0.329. The van der Waals surface area contributed by atoms with Crippen molar-refractivity contribution < 1.29 is 4.79 Å². The van der Waals surface area contributed by atoms with Crippen molar-refractivity contribution in [1.82, 2.24) is 5.32 Å². The van der Waals surface area contributed by atoms with E-state index in [9.17, 15) is 4.79 Å². The van der Waals surface area contributed by atoms with Crippen molar-refractivity contribution in [3.8, 4) is 0 Å². The van der Waals surface area contributed by atoms with Crippen LogP contribution in [0.5, 0.6) is 0 Å². The lowest BCUT2D eigenvalue weighted by Crippen LogP contribution is -2.45. The summed E-state index contributed by atoms with van der Waals surface area (Å²) < 4.78 is 0.238. The largest absolute Gasteiger partial charge is 0.353 e. The zero-order chi connectivity index (χ0) is 11.3. The van der Waals surface area contributed by atoms with Gasteiger partial charge < -0.3 is 11.1 Å². The summed E-state index contributed by atoms with van der Waals surface area (Å²) in [5.41, 5.74) is 5.74. The number of amides is 1. The highest BCUT2D eigenvalue weighted by Gasteiger charge is 2.30. The molecule has 16 heavy (non-hydrogen) atoms. The summed E-state index contributed by atoms with van der Waals surface area (Å²) in [4.78, 5) is 11.6. The SMILES string of the molecule is CCCC(N)C(=O)NCC1(C)CCCS1.Cl. The zero-order valence-corrected chi connectivity index (χ0v) is 11.8. The van der Waals surface area contributed by atoms with Crippen molar-refractivity contribution in [1.29, 1.82) is 0 Å². The number of carbonyl (C=O) groups is 1. The zero-order valence-electron chi connectivity index (χ0n) is 10.1. The predicted octanol–water partition coefficient (Wildman–Crippen LogP) is 1.94. The van der Waals surface area contributed by atoms with Gasteiger partial charge in [0.1, 0.15) is 0 Å². The van der Waals surface area contributed by atoms with Crippen molar-refractivity contribution >= 4 is 30.1 Å². The molecule has 1 aliphatic heterocycles. The molecule has 5 heteroatoms. The molecule has 0 saturated carbocycles. The third-order valence-corrected chi connectivity index (χ3v) is 4.41. The maximum atomic E-state index is 11.6. The Bertz CT molecular complexity index is 220. The van der Waals surface area contributed by atoms with Crippen LogP contribution in [0.3, 0.4) is 0 Å². The van der Waals surface area contributed by atoms with Gasteiger partial charge in [0.15, 0.2) is 0 Å². The summed E-state index contributed by atoms with van der Waals surface area (Å²) in [5.74, 6) is 1.22. The van der Waals surface area contributed by atoms with Crippen LogP contribution >= 0.6 is 24.2 Å². The van der Waals surface area contributed by atoms with Gasteiger partial charge in [0.2, 0.25) is 5.91 Å². The molecule has 0 spiro atoms. The van der Waals surface area contributed by atoms with Crippen LogP contribution in [0.2, 0.25) is 0 Å². The van der Waals surface area contributed by atoms with Gasteiger partial charge in [-0.25, -0.2) is 0 Å². The molecule has 0 aromatic heterocycles. The third kappa shape index (κ3) is 4.93. The van der Waals surface area contributed by atoms with Crippen molar-refractivity contribution in [3.05, 3.63) is 0 Å². The van der Waals surface area contributed by atoms with Crippen LogP contribution in [-0.4, -0.2) is 29.0 Å². The van der Waals surface area contributed by atoms with E-state index < -0.39 is 0 Å². The van der Waals surface area contributed by atoms with Crippen LogP contribution in [0, 0.1) is 0 Å². The van der Waals surface area contributed by atoms with Gasteiger partial charge in [-0.3, -0.25) is 4.79 Å². The first-order valence-corrected chi connectivity index (χ1v) is 6.73. The molecule has 1 aliphatic rings. The summed E-state index contributed by atoms with van der Waals surface area (Å²) >= 11 is 1.96. The minimum absolute atomic E-state index is 0. The van der Waals surface area contributed by atoms with Gasteiger partial charge in [-0.1, -0.05) is 13.3 Å². The first-order chi connectivity index (χ1) is 7.07. The van der Waals surface area contributed by atoms with E-state index in [0.717, 1.165) is 19.4 Å². The van der Waals surface area contributed by atoms with E-state index in [-0.39, 0.29) is 29.1 Å². The highest BCUT2D eigenvalue weighted by atomic mass is 35.5. The van der Waals surface area contributed by atoms with Gasteiger partial charge in [-0.05, 0) is 31.9 Å². The van der Waals surface area contributed by atoms with Gasteiger partial charge >= 0.3 is 0 Å². The highest BCUT2D eigenvalue weighted by Crippen LogP contribution is 2.36. The minimum atomic E-state index is -0.329. The second kappa shape index (κ2) is 7.41. The summed E-state index contributed by atoms with van der Waals surface area (Å²) in [5, 5.41) is 2.96. The Morgan fingerprint density at radius 1 is 1.62 bits per heavy atom. The van der Waals surface area contributed by atoms with E-state index in [1.54, 1.807) is 0 Å². The molecular formula is C11H23ClN2OS. The molecule has 0 aromatic carbocycles. The number of nitrogens with one attached hydrogen (secondary N) is 1. The summed E-state index contributed by atoms with van der Waals surface area (Å²) in [6.07, 6.45) is 4.19. The lowest BCUT2D eigenvalue weighted by Gasteiger charge is -2.23. The van der Waals surface area contributed by atoms with E-state index in [1.807, 2.05) is 18.7 Å². The monoisotopic (exact) mass is 266 g/mol. The van der Waals surface area contributed by atoms with Gasteiger partial charge in [-0.2, -0.15) is 11.8 Å². The van der Waals surface area contributed by atoms with Crippen LogP contribution in [0.4, 0.5) is 0 Å². The molecule has 2 atom stereocenters. The Balaban J connectivity index is 0.00000225. The molecule has 1 heterocycles. The average Bonchev–Trinajstić information content (AvgIpc) is 2.63. The average molecular weight is 267 g/mol. The Labute approximate surface area is 109 Å². The molecule has 1 rings (SSSR count). The lowest BCUT2D eigenvalue weighted by molar-refractivity contribution is -0.122. The molecule has 96 valence electrons. The van der Waals surface area contributed by atoms with Crippen molar-refractivity contribution in [3.63, 3.8) is 0 Å². The van der Waals surface area contributed by atoms with Crippen LogP contribution in [0.25, 0.3) is 0 Å². The van der Waals surface area contributed by atoms with E-state index in [4.69, 9.17) is 5.73 Å². The van der Waals surface area contributed by atoms with Crippen molar-refractivity contribution in [2.75, 3.05) is 12.3 Å². The summed E-state index contributed by atoms with van der Waals surface area (Å²) in [6.45, 7) is 5.02. The second-order valence-corrected chi connectivity index (χ2v) is 6.20. The van der Waals surface area contributed by atoms with Crippen molar-refractivity contribution in [2.45, 2.75) is 50.3 Å². The first-order valence-electron chi connectivity index (χ1n) is 5.74. The molecule has 0 radical (unpaired) electrons. The molecule has 0 bridgehead atoms. The number of rotatable bonds is 5. The number of thioether (sulfide) groups is 1. The normalized spacial score (nSPS) is 25.9. The quantitative estimate of drug-likeness (QED) is 0.800. The second-order valence-electron chi connectivity index (χ2n) is 4.51. The Morgan fingerprint density at radius 2 is 2.31 bits per heavy atom. The molecule has 3 N–H and O–H groups in total. The number of hydrogen-bond donors (Lipinski definition) is 2. The maximum Gasteiger partial charge on any atom is 0.236 e. The number of carbonyl (C=O) groups excluding carboxylic acids is 1. The van der Waals surface area contributed by atoms with Gasteiger partial charge in [0.05, 0.1) is 6.04 Å². The number of nitrogens with two attached hydrogens (primary N) is 1. The molecule has 2 unspecified atom stereocenters. The Hall–Kier alpha value is 0.0700. The fourth-order valence-electron chi connectivity index (χ4n) is 1.82. The molecule has 1 amide bonds. The minimum Gasteiger partial charge on any atom is -0.353 e. The lowest BCUT2D eigenvalue weighted by atomic mass is 10.1. The fraction of sp³-hybridized carbons (Fsp3) is 0.909. The molecule has 0 aliphatic carbocycles. The molecule has 3 nitrogen and oxygen atoms in total. The first kappa shape index (κ1) is 16.1. The van der Waals surface area contributed by atoms with E-state index in [2.05, 4.69) is 12.2 Å². The fourth-order valence-corrected chi connectivity index (χ4v) is 3.07. The van der Waals surface area contributed by atoms with Gasteiger partial charge in [0, 0.05) is 11.3 Å². The Morgan fingerprint density at radius 3 is 2.81 bits per heavy atom. The molecule has 0 aromatic rings. The number of halogens is 1. The van der Waals surface area contributed by atoms with Crippen LogP contribution in [0.15, 0.2) is 0 Å². The predicted molar refractivity (Wildman–Crippen MR) is 73.2 cm³/mol. The smallest absolute Gasteiger partial charge is 0.236 e. The third-order valence-electron chi connectivity index (χ3n) is 2.87. The summed E-state index contributed by atoms with van der Waals surface area (Å²) in [7, 11) is 0. The topological polar surface area (TPSA) is 55.1 Å². The Kier molecular flexibility index (Phi) is 7.44. The molecule has 1 saturated heterocycles. The van der Waals surface area contributed by atoms with Crippen LogP contribution < -0.4 is 11.1 Å². The van der Waals surface area contributed by atoms with Crippen LogP contribution in [0.1, 0.15) is 39.5 Å². The molecule has 1 fully saturated rings. The standard InChI is InChI=1S/C11H22N2OS.ClH/c1-3-5-9(12)10(14)13-8-11(2)6-4-7-15-11;/h9H,3-8,12H2,1-2H3,(H,13,14);1H. The van der Waals surface area contributed by atoms with E-state index in [0.29, 0.717) is 0 Å². The van der Waals surface area contributed by atoms with E-state index >= 15 is 0 Å². The highest BCUT2D eigenvalue weighted by molar-refractivity contribution is 8.00. The van der Waals surface area contributed by atoms with Gasteiger partial charge in [-0.15, -0.1) is 12.4 Å². The van der Waals surface area contributed by atoms with Crippen molar-refractivity contribution in [2.24, 2.45) is 5.73 Å². The van der Waals surface area contributed by atoms with Crippen LogP contribution in [-0.2, 0) is 4.79 Å².